The van der Waals surface area contributed by atoms with Gasteiger partial charge in [-0.3, -0.25) is 4.79 Å². The molecule has 2 rings (SSSR count). The zero-order chi connectivity index (χ0) is 16.1. The summed E-state index contributed by atoms with van der Waals surface area (Å²) in [5.74, 6) is 0.550. The molecule has 0 fully saturated rings. The number of carbonyl (C=O) groups is 1. The maximum absolute atomic E-state index is 12.4. The van der Waals surface area contributed by atoms with Gasteiger partial charge in [0.1, 0.15) is 12.4 Å². The highest BCUT2D eigenvalue weighted by atomic mass is 16.5. The molecule has 0 bridgehead atoms. The smallest absolute Gasteiger partial charge is 0.256 e. The first-order valence-electron chi connectivity index (χ1n) is 7.24. The third-order valence-corrected chi connectivity index (χ3v) is 3.38. The number of aliphatic hydroxyl groups is 1. The topological polar surface area (TPSA) is 58.6 Å². The van der Waals surface area contributed by atoms with Crippen molar-refractivity contribution in [2.24, 2.45) is 0 Å². The average molecular weight is 299 g/mol. The van der Waals surface area contributed by atoms with Gasteiger partial charge in [0.2, 0.25) is 0 Å². The third-order valence-electron chi connectivity index (χ3n) is 3.38. The second kappa shape index (κ2) is 7.09. The number of aryl methyl sites for hydroxylation is 3. The van der Waals surface area contributed by atoms with Crippen molar-refractivity contribution in [3.63, 3.8) is 0 Å². The molecule has 0 radical (unpaired) electrons. The number of anilines is 1. The van der Waals surface area contributed by atoms with Crippen LogP contribution in [-0.2, 0) is 0 Å². The highest BCUT2D eigenvalue weighted by Gasteiger charge is 2.13. The van der Waals surface area contributed by atoms with Gasteiger partial charge in [0.15, 0.2) is 0 Å². The Morgan fingerprint density at radius 2 is 1.68 bits per heavy atom. The standard InChI is InChI=1S/C18H21NO3/c1-12-10-13(2)17(14(3)11-12)18(21)19-15-4-6-16(7-5-15)22-9-8-20/h4-7,10-11,20H,8-9H2,1-3H3,(H,19,21). The Morgan fingerprint density at radius 3 is 2.23 bits per heavy atom. The lowest BCUT2D eigenvalue weighted by Crippen LogP contribution is -2.15. The van der Waals surface area contributed by atoms with Crippen LogP contribution in [0.4, 0.5) is 5.69 Å². The molecule has 0 atom stereocenters. The minimum absolute atomic E-state index is 0.0233. The Hall–Kier alpha value is -2.33. The molecule has 116 valence electrons. The molecule has 22 heavy (non-hydrogen) atoms. The summed E-state index contributed by atoms with van der Waals surface area (Å²) in [4.78, 5) is 12.4. The maximum Gasteiger partial charge on any atom is 0.256 e. The Bertz CT molecular complexity index is 640. The molecule has 1 amide bonds. The van der Waals surface area contributed by atoms with Gasteiger partial charge in [-0.15, -0.1) is 0 Å². The number of rotatable bonds is 5. The summed E-state index contributed by atoms with van der Waals surface area (Å²) < 4.78 is 5.29. The minimum Gasteiger partial charge on any atom is -0.491 e. The number of hydrogen-bond acceptors (Lipinski definition) is 3. The number of ether oxygens (including phenoxy) is 1. The van der Waals surface area contributed by atoms with E-state index in [1.54, 1.807) is 24.3 Å². The van der Waals surface area contributed by atoms with E-state index in [-0.39, 0.29) is 19.1 Å². The molecule has 0 aliphatic rings. The molecule has 4 heteroatoms. The van der Waals surface area contributed by atoms with Crippen LogP contribution in [0.1, 0.15) is 27.0 Å². The van der Waals surface area contributed by atoms with Crippen LogP contribution >= 0.6 is 0 Å². The summed E-state index contributed by atoms with van der Waals surface area (Å²) in [5, 5.41) is 11.6. The van der Waals surface area contributed by atoms with E-state index in [4.69, 9.17) is 9.84 Å². The molecule has 0 saturated heterocycles. The molecule has 2 aromatic carbocycles. The highest BCUT2D eigenvalue weighted by molar-refractivity contribution is 6.06. The van der Waals surface area contributed by atoms with E-state index in [0.717, 1.165) is 16.7 Å². The molecule has 0 spiro atoms. The van der Waals surface area contributed by atoms with Crippen molar-refractivity contribution >= 4 is 11.6 Å². The normalized spacial score (nSPS) is 10.4. The summed E-state index contributed by atoms with van der Waals surface area (Å²) in [5.41, 5.74) is 4.51. The van der Waals surface area contributed by atoms with Crippen LogP contribution in [0.2, 0.25) is 0 Å². The van der Waals surface area contributed by atoms with Crippen LogP contribution in [-0.4, -0.2) is 24.2 Å². The second-order valence-electron chi connectivity index (χ2n) is 5.32. The molecule has 2 N–H and O–H groups in total. The van der Waals surface area contributed by atoms with Gasteiger partial charge in [-0.25, -0.2) is 0 Å². The fourth-order valence-corrected chi connectivity index (χ4v) is 2.53. The predicted octanol–water partition coefficient (Wildman–Crippen LogP) is 3.24. The second-order valence-corrected chi connectivity index (χ2v) is 5.32. The van der Waals surface area contributed by atoms with Crippen LogP contribution in [0, 0.1) is 20.8 Å². The van der Waals surface area contributed by atoms with Crippen molar-refractivity contribution < 1.29 is 14.6 Å². The first-order valence-corrected chi connectivity index (χ1v) is 7.24. The fourth-order valence-electron chi connectivity index (χ4n) is 2.53. The van der Waals surface area contributed by atoms with Gasteiger partial charge in [0.05, 0.1) is 6.61 Å². The van der Waals surface area contributed by atoms with Crippen molar-refractivity contribution in [3.8, 4) is 5.75 Å². The Morgan fingerprint density at radius 1 is 1.09 bits per heavy atom. The zero-order valence-electron chi connectivity index (χ0n) is 13.1. The van der Waals surface area contributed by atoms with Gasteiger partial charge >= 0.3 is 0 Å². The molecule has 0 saturated carbocycles. The van der Waals surface area contributed by atoms with E-state index in [1.165, 1.54) is 0 Å². The predicted molar refractivity (Wildman–Crippen MR) is 87.6 cm³/mol. The molecular formula is C18H21NO3. The Kier molecular flexibility index (Phi) is 5.17. The first-order chi connectivity index (χ1) is 10.5. The van der Waals surface area contributed by atoms with Crippen molar-refractivity contribution in [2.75, 3.05) is 18.5 Å². The SMILES string of the molecule is Cc1cc(C)c(C(=O)Nc2ccc(OCCO)cc2)c(C)c1. The molecule has 0 aromatic heterocycles. The third kappa shape index (κ3) is 3.86. The van der Waals surface area contributed by atoms with Gasteiger partial charge < -0.3 is 15.2 Å². The van der Waals surface area contributed by atoms with E-state index in [1.807, 2.05) is 32.9 Å². The lowest BCUT2D eigenvalue weighted by atomic mass is 9.99. The zero-order valence-corrected chi connectivity index (χ0v) is 13.1. The van der Waals surface area contributed by atoms with Crippen LogP contribution in [0.5, 0.6) is 5.75 Å². The molecular weight excluding hydrogens is 278 g/mol. The van der Waals surface area contributed by atoms with E-state index in [2.05, 4.69) is 5.32 Å². The molecule has 0 heterocycles. The van der Waals surface area contributed by atoms with Gasteiger partial charge in [0, 0.05) is 11.3 Å². The first kappa shape index (κ1) is 16.0. The minimum atomic E-state index is -0.112. The quantitative estimate of drug-likeness (QED) is 0.891. The Labute approximate surface area is 130 Å². The largest absolute Gasteiger partial charge is 0.491 e. The molecule has 0 unspecified atom stereocenters. The van der Waals surface area contributed by atoms with Crippen molar-refractivity contribution in [2.45, 2.75) is 20.8 Å². The summed E-state index contributed by atoms with van der Waals surface area (Å²) in [6.07, 6.45) is 0. The summed E-state index contributed by atoms with van der Waals surface area (Å²) in [7, 11) is 0. The van der Waals surface area contributed by atoms with Crippen LogP contribution < -0.4 is 10.1 Å². The molecule has 0 aliphatic carbocycles. The van der Waals surface area contributed by atoms with E-state index < -0.39 is 0 Å². The van der Waals surface area contributed by atoms with Crippen molar-refractivity contribution in [1.29, 1.82) is 0 Å². The monoisotopic (exact) mass is 299 g/mol. The van der Waals surface area contributed by atoms with Crippen molar-refractivity contribution in [1.82, 2.24) is 0 Å². The van der Waals surface area contributed by atoms with E-state index in [9.17, 15) is 4.79 Å². The number of carbonyl (C=O) groups excluding carboxylic acids is 1. The summed E-state index contributed by atoms with van der Waals surface area (Å²) in [6, 6.07) is 11.1. The van der Waals surface area contributed by atoms with Gasteiger partial charge in [-0.05, 0) is 56.2 Å². The number of amides is 1. The van der Waals surface area contributed by atoms with Gasteiger partial charge in [0.25, 0.3) is 5.91 Å². The number of aliphatic hydroxyl groups excluding tert-OH is 1. The van der Waals surface area contributed by atoms with Crippen LogP contribution in [0.3, 0.4) is 0 Å². The number of benzene rings is 2. The number of nitrogens with one attached hydrogen (secondary N) is 1. The molecule has 2 aromatic rings. The average Bonchev–Trinajstić information content (AvgIpc) is 2.45. The lowest BCUT2D eigenvalue weighted by molar-refractivity contribution is 0.102. The summed E-state index contributed by atoms with van der Waals surface area (Å²) >= 11 is 0. The van der Waals surface area contributed by atoms with Crippen LogP contribution in [0.15, 0.2) is 36.4 Å². The van der Waals surface area contributed by atoms with Gasteiger partial charge in [-0.1, -0.05) is 17.7 Å². The highest BCUT2D eigenvalue weighted by Crippen LogP contribution is 2.20. The number of hydrogen-bond donors (Lipinski definition) is 2. The molecule has 4 nitrogen and oxygen atoms in total. The van der Waals surface area contributed by atoms with Gasteiger partial charge in [-0.2, -0.15) is 0 Å². The molecule has 0 aliphatic heterocycles. The lowest BCUT2D eigenvalue weighted by Gasteiger charge is -2.12. The van der Waals surface area contributed by atoms with E-state index >= 15 is 0 Å². The fraction of sp³-hybridized carbons (Fsp3) is 0.278. The maximum atomic E-state index is 12.4. The van der Waals surface area contributed by atoms with Crippen molar-refractivity contribution in [3.05, 3.63) is 58.7 Å². The van der Waals surface area contributed by atoms with E-state index in [0.29, 0.717) is 17.0 Å². The summed E-state index contributed by atoms with van der Waals surface area (Å²) in [6.45, 7) is 6.15. The Balaban J connectivity index is 2.12. The van der Waals surface area contributed by atoms with Crippen LogP contribution in [0.25, 0.3) is 0 Å².